The van der Waals surface area contributed by atoms with Gasteiger partial charge < -0.3 is 10.4 Å². The average molecular weight is 404 g/mol. The van der Waals surface area contributed by atoms with Crippen molar-refractivity contribution in [2.24, 2.45) is 5.92 Å². The van der Waals surface area contributed by atoms with Crippen LogP contribution in [0.5, 0.6) is 5.75 Å². The van der Waals surface area contributed by atoms with Crippen molar-refractivity contribution in [1.29, 1.82) is 0 Å². The van der Waals surface area contributed by atoms with Gasteiger partial charge in [-0.05, 0) is 40.4 Å². The van der Waals surface area contributed by atoms with Crippen LogP contribution in [0.15, 0.2) is 21.1 Å². The zero-order valence-corrected chi connectivity index (χ0v) is 14.6. The number of piperazine rings is 1. The quantitative estimate of drug-likeness (QED) is 0.805. The molecule has 3 rings (SSSR count). The Hall–Kier alpha value is -0.100. The summed E-state index contributed by atoms with van der Waals surface area (Å²) < 4.78 is 1.80. The Labute approximate surface area is 137 Å². The van der Waals surface area contributed by atoms with Crippen LogP contribution in [-0.4, -0.2) is 36.2 Å². The molecule has 5 heteroatoms. The lowest BCUT2D eigenvalue weighted by Gasteiger charge is -2.36. The van der Waals surface area contributed by atoms with Gasteiger partial charge in [0.05, 0.1) is 4.47 Å². The van der Waals surface area contributed by atoms with Crippen molar-refractivity contribution in [3.05, 3.63) is 26.6 Å². The Kier molecular flexibility index (Phi) is 4.70. The van der Waals surface area contributed by atoms with Crippen LogP contribution in [-0.2, 0) is 0 Å². The number of nitrogens with zero attached hydrogens (tertiary/aromatic N) is 1. The number of rotatable bonds is 4. The van der Waals surface area contributed by atoms with E-state index in [0.717, 1.165) is 53.0 Å². The van der Waals surface area contributed by atoms with Crippen LogP contribution in [0.4, 0.5) is 0 Å². The van der Waals surface area contributed by atoms with E-state index in [2.05, 4.69) is 48.1 Å². The van der Waals surface area contributed by atoms with Crippen LogP contribution < -0.4 is 5.32 Å². The first-order chi connectivity index (χ1) is 9.65. The molecule has 0 radical (unpaired) electrons. The molecular formula is C15H20Br2N2O. The van der Waals surface area contributed by atoms with Gasteiger partial charge in [-0.1, -0.05) is 28.8 Å². The Bertz CT molecular complexity index is 485. The van der Waals surface area contributed by atoms with Crippen LogP contribution in [0, 0.1) is 5.92 Å². The van der Waals surface area contributed by atoms with Gasteiger partial charge in [0.2, 0.25) is 0 Å². The molecule has 20 heavy (non-hydrogen) atoms. The van der Waals surface area contributed by atoms with Crippen LogP contribution in [0.25, 0.3) is 0 Å². The maximum absolute atomic E-state index is 10.4. The minimum atomic E-state index is 0.332. The summed E-state index contributed by atoms with van der Waals surface area (Å²) in [4.78, 5) is 2.52. The summed E-state index contributed by atoms with van der Waals surface area (Å²) in [6.45, 7) is 4.19. The van der Waals surface area contributed by atoms with Crippen molar-refractivity contribution in [1.82, 2.24) is 10.2 Å². The van der Waals surface area contributed by atoms with Crippen molar-refractivity contribution in [2.75, 3.05) is 26.2 Å². The summed E-state index contributed by atoms with van der Waals surface area (Å²) >= 11 is 7.01. The number of hydrogen-bond donors (Lipinski definition) is 2. The SMILES string of the molecule is Oc1c(Br)cc(Br)cc1[C@@H](CC1CC1)N1CCNCC1. The van der Waals surface area contributed by atoms with E-state index in [1.807, 2.05) is 6.07 Å². The van der Waals surface area contributed by atoms with Gasteiger partial charge >= 0.3 is 0 Å². The van der Waals surface area contributed by atoms with Crippen molar-refractivity contribution in [2.45, 2.75) is 25.3 Å². The highest BCUT2D eigenvalue weighted by atomic mass is 79.9. The van der Waals surface area contributed by atoms with Gasteiger partial charge in [0.1, 0.15) is 5.75 Å². The predicted molar refractivity (Wildman–Crippen MR) is 88.0 cm³/mol. The molecule has 0 spiro atoms. The highest BCUT2D eigenvalue weighted by Gasteiger charge is 2.32. The second kappa shape index (κ2) is 6.34. The predicted octanol–water partition coefficient (Wildman–Crippen LogP) is 3.66. The van der Waals surface area contributed by atoms with Crippen molar-refractivity contribution < 1.29 is 5.11 Å². The van der Waals surface area contributed by atoms with Crippen LogP contribution in [0.1, 0.15) is 30.9 Å². The van der Waals surface area contributed by atoms with E-state index in [1.165, 1.54) is 12.8 Å². The van der Waals surface area contributed by atoms with Crippen molar-refractivity contribution in [3.63, 3.8) is 0 Å². The fourth-order valence-electron chi connectivity index (χ4n) is 2.98. The molecule has 1 aromatic carbocycles. The fourth-order valence-corrected chi connectivity index (χ4v) is 4.23. The zero-order valence-electron chi connectivity index (χ0n) is 11.4. The topological polar surface area (TPSA) is 35.5 Å². The highest BCUT2D eigenvalue weighted by molar-refractivity contribution is 9.11. The highest BCUT2D eigenvalue weighted by Crippen LogP contribution is 2.44. The van der Waals surface area contributed by atoms with Crippen molar-refractivity contribution >= 4 is 31.9 Å². The Morgan fingerprint density at radius 2 is 1.95 bits per heavy atom. The molecule has 0 aromatic heterocycles. The zero-order chi connectivity index (χ0) is 14.1. The van der Waals surface area contributed by atoms with Gasteiger partial charge in [-0.25, -0.2) is 0 Å². The molecule has 3 nitrogen and oxygen atoms in total. The maximum atomic E-state index is 10.4. The van der Waals surface area contributed by atoms with E-state index in [1.54, 1.807) is 0 Å². The Morgan fingerprint density at radius 1 is 1.25 bits per heavy atom. The molecule has 1 saturated carbocycles. The number of phenols is 1. The molecule has 1 heterocycles. The Balaban J connectivity index is 1.90. The fraction of sp³-hybridized carbons (Fsp3) is 0.600. The average Bonchev–Trinajstić information content (AvgIpc) is 3.25. The van der Waals surface area contributed by atoms with Gasteiger partial charge in [-0.3, -0.25) is 4.90 Å². The summed E-state index contributed by atoms with van der Waals surface area (Å²) in [5.74, 6) is 1.24. The normalized spacial score (nSPS) is 21.9. The third-order valence-electron chi connectivity index (χ3n) is 4.26. The molecule has 1 atom stereocenters. The molecular weight excluding hydrogens is 384 g/mol. The summed E-state index contributed by atoms with van der Waals surface area (Å²) in [6, 6.07) is 4.32. The Morgan fingerprint density at radius 3 is 2.60 bits per heavy atom. The first-order valence-corrected chi connectivity index (χ1v) is 8.86. The number of aromatic hydroxyl groups is 1. The molecule has 110 valence electrons. The van der Waals surface area contributed by atoms with Gasteiger partial charge in [0, 0.05) is 42.3 Å². The third kappa shape index (κ3) is 3.38. The summed E-state index contributed by atoms with van der Waals surface area (Å²) in [6.07, 6.45) is 3.85. The molecule has 2 aliphatic rings. The van der Waals surface area contributed by atoms with Gasteiger partial charge in [0.15, 0.2) is 0 Å². The monoisotopic (exact) mass is 402 g/mol. The van der Waals surface area contributed by atoms with E-state index in [-0.39, 0.29) is 0 Å². The lowest BCUT2D eigenvalue weighted by atomic mass is 9.98. The molecule has 0 amide bonds. The van der Waals surface area contributed by atoms with Crippen LogP contribution in [0.3, 0.4) is 0 Å². The van der Waals surface area contributed by atoms with Gasteiger partial charge in [-0.15, -0.1) is 0 Å². The largest absolute Gasteiger partial charge is 0.506 e. The van der Waals surface area contributed by atoms with Crippen LogP contribution in [0.2, 0.25) is 0 Å². The van der Waals surface area contributed by atoms with E-state index in [4.69, 9.17) is 0 Å². The first kappa shape index (κ1) is 14.8. The molecule has 2 N–H and O–H groups in total. The molecule has 1 saturated heterocycles. The number of nitrogens with one attached hydrogen (secondary N) is 1. The van der Waals surface area contributed by atoms with E-state index < -0.39 is 0 Å². The molecule has 1 aromatic rings. The molecule has 1 aliphatic heterocycles. The smallest absolute Gasteiger partial charge is 0.134 e. The lowest BCUT2D eigenvalue weighted by Crippen LogP contribution is -2.45. The molecule has 1 aliphatic carbocycles. The lowest BCUT2D eigenvalue weighted by molar-refractivity contribution is 0.158. The number of hydrogen-bond acceptors (Lipinski definition) is 3. The number of phenolic OH excluding ortho intramolecular Hbond substituents is 1. The van der Waals surface area contributed by atoms with Crippen LogP contribution >= 0.6 is 31.9 Å². The second-order valence-corrected chi connectivity index (χ2v) is 7.58. The first-order valence-electron chi connectivity index (χ1n) is 7.28. The summed E-state index contributed by atoms with van der Waals surface area (Å²) in [7, 11) is 0. The minimum Gasteiger partial charge on any atom is -0.506 e. The second-order valence-electron chi connectivity index (χ2n) is 5.81. The number of benzene rings is 1. The number of halogens is 2. The minimum absolute atomic E-state index is 0.332. The van der Waals surface area contributed by atoms with Gasteiger partial charge in [0.25, 0.3) is 0 Å². The summed E-state index contributed by atoms with van der Waals surface area (Å²) in [5.41, 5.74) is 1.06. The standard InChI is InChI=1S/C15H20Br2N2O/c16-11-8-12(15(20)13(17)9-11)14(7-10-1-2-10)19-5-3-18-4-6-19/h8-10,14,18,20H,1-7H2/t14-/m1/s1. The van der Waals surface area contributed by atoms with Gasteiger partial charge in [-0.2, -0.15) is 0 Å². The van der Waals surface area contributed by atoms with E-state index >= 15 is 0 Å². The molecule has 0 bridgehead atoms. The van der Waals surface area contributed by atoms with E-state index in [9.17, 15) is 5.11 Å². The maximum Gasteiger partial charge on any atom is 0.134 e. The molecule has 2 fully saturated rings. The summed E-state index contributed by atoms with van der Waals surface area (Å²) in [5, 5.41) is 13.9. The van der Waals surface area contributed by atoms with Crippen molar-refractivity contribution in [3.8, 4) is 5.75 Å². The third-order valence-corrected chi connectivity index (χ3v) is 5.32. The molecule has 0 unspecified atom stereocenters. The van der Waals surface area contributed by atoms with E-state index in [0.29, 0.717) is 11.8 Å².